The Kier molecular flexibility index (Phi) is 4.19. The summed E-state index contributed by atoms with van der Waals surface area (Å²) in [5.74, 6) is 0.0863. The van der Waals surface area contributed by atoms with Crippen molar-refractivity contribution in [2.45, 2.75) is 13.0 Å². The third-order valence-corrected chi connectivity index (χ3v) is 1.98. The average molecular weight is 195 g/mol. The Balaban J connectivity index is 2.23. The van der Waals surface area contributed by atoms with Crippen LogP contribution in [0.4, 0.5) is 0 Å². The van der Waals surface area contributed by atoms with E-state index >= 15 is 0 Å². The number of hydrogen-bond acceptors (Lipinski definition) is 2. The van der Waals surface area contributed by atoms with Gasteiger partial charge in [-0.25, -0.2) is 0 Å². The Morgan fingerprint density at radius 2 is 2.36 bits per heavy atom. The topological polar surface area (TPSA) is 46.1 Å². The number of carbonyl (C=O) groups excluding carboxylic acids is 1. The average Bonchev–Trinajstić information content (AvgIpc) is 2.58. The smallest absolute Gasteiger partial charge is 0.221 e. The molecule has 2 N–H and O–H groups in total. The van der Waals surface area contributed by atoms with Gasteiger partial charge in [0.1, 0.15) is 0 Å². The molecule has 0 aliphatic carbocycles. The predicted octanol–water partition coefficient (Wildman–Crippen LogP) is 0.251. The molecule has 0 unspecified atom stereocenters. The molecule has 0 atom stereocenters. The van der Waals surface area contributed by atoms with Crippen LogP contribution < -0.4 is 10.6 Å². The van der Waals surface area contributed by atoms with Crippen molar-refractivity contribution in [2.75, 3.05) is 13.6 Å². The van der Waals surface area contributed by atoms with Crippen molar-refractivity contribution in [3.63, 3.8) is 0 Å². The fraction of sp³-hybridized carbons (Fsp3) is 0.500. The van der Waals surface area contributed by atoms with Crippen molar-refractivity contribution in [1.82, 2.24) is 15.2 Å². The highest BCUT2D eigenvalue weighted by atomic mass is 16.1. The van der Waals surface area contributed by atoms with E-state index in [1.54, 1.807) is 0 Å². The van der Waals surface area contributed by atoms with Crippen molar-refractivity contribution >= 4 is 5.91 Å². The van der Waals surface area contributed by atoms with E-state index in [9.17, 15) is 4.79 Å². The van der Waals surface area contributed by atoms with Crippen LogP contribution in [0.1, 0.15) is 12.0 Å². The van der Waals surface area contributed by atoms with Gasteiger partial charge < -0.3 is 15.2 Å². The SMILES string of the molecule is CNCCC(=O)NCc1ccn(C)c1. The number of aryl methyl sites for hydroxylation is 1. The van der Waals surface area contributed by atoms with Crippen LogP contribution in [0.15, 0.2) is 18.5 Å². The molecule has 4 heteroatoms. The standard InChI is InChI=1S/C10H17N3O/c1-11-5-3-10(14)12-7-9-4-6-13(2)8-9/h4,6,8,11H,3,5,7H2,1-2H3,(H,12,14). The molecule has 0 aliphatic rings. The minimum Gasteiger partial charge on any atom is -0.357 e. The number of amides is 1. The Hall–Kier alpha value is -1.29. The van der Waals surface area contributed by atoms with Crippen molar-refractivity contribution in [3.8, 4) is 0 Å². The second-order valence-electron chi connectivity index (χ2n) is 3.32. The largest absolute Gasteiger partial charge is 0.357 e. The minimum atomic E-state index is 0.0863. The summed E-state index contributed by atoms with van der Waals surface area (Å²) in [7, 11) is 3.80. The van der Waals surface area contributed by atoms with Gasteiger partial charge in [0.05, 0.1) is 0 Å². The van der Waals surface area contributed by atoms with E-state index in [-0.39, 0.29) is 5.91 Å². The molecule has 0 aromatic carbocycles. The normalized spacial score (nSPS) is 10.1. The van der Waals surface area contributed by atoms with Gasteiger partial charge in [0.15, 0.2) is 0 Å². The molecule has 0 spiro atoms. The van der Waals surface area contributed by atoms with Crippen LogP contribution in [0.3, 0.4) is 0 Å². The molecule has 1 heterocycles. The maximum absolute atomic E-state index is 11.2. The second-order valence-corrected chi connectivity index (χ2v) is 3.32. The fourth-order valence-electron chi connectivity index (χ4n) is 1.19. The van der Waals surface area contributed by atoms with Gasteiger partial charge in [-0.1, -0.05) is 0 Å². The molecule has 1 aromatic heterocycles. The first-order valence-electron chi connectivity index (χ1n) is 4.74. The summed E-state index contributed by atoms with van der Waals surface area (Å²) in [5.41, 5.74) is 1.13. The second kappa shape index (κ2) is 5.44. The maximum atomic E-state index is 11.2. The van der Waals surface area contributed by atoms with Crippen molar-refractivity contribution in [2.24, 2.45) is 7.05 Å². The lowest BCUT2D eigenvalue weighted by molar-refractivity contribution is -0.121. The van der Waals surface area contributed by atoms with Gasteiger partial charge in [-0.2, -0.15) is 0 Å². The van der Waals surface area contributed by atoms with Gasteiger partial charge in [0.25, 0.3) is 0 Å². The molecule has 0 radical (unpaired) electrons. The highest BCUT2D eigenvalue weighted by Crippen LogP contribution is 1.98. The van der Waals surface area contributed by atoms with Gasteiger partial charge >= 0.3 is 0 Å². The van der Waals surface area contributed by atoms with E-state index < -0.39 is 0 Å². The first kappa shape index (κ1) is 10.8. The third-order valence-electron chi connectivity index (χ3n) is 1.98. The van der Waals surface area contributed by atoms with E-state index in [1.807, 2.05) is 37.1 Å². The first-order chi connectivity index (χ1) is 6.72. The quantitative estimate of drug-likeness (QED) is 0.707. The molecule has 0 aliphatic heterocycles. The summed E-state index contributed by atoms with van der Waals surface area (Å²) < 4.78 is 1.97. The maximum Gasteiger partial charge on any atom is 0.221 e. The predicted molar refractivity (Wildman–Crippen MR) is 55.8 cm³/mol. The number of aromatic nitrogens is 1. The molecule has 78 valence electrons. The van der Waals surface area contributed by atoms with E-state index in [0.29, 0.717) is 13.0 Å². The van der Waals surface area contributed by atoms with Crippen LogP contribution in [0.25, 0.3) is 0 Å². The lowest BCUT2D eigenvalue weighted by atomic mass is 10.3. The highest BCUT2D eigenvalue weighted by Gasteiger charge is 2.00. The number of nitrogens with zero attached hydrogens (tertiary/aromatic N) is 1. The molecular formula is C10H17N3O. The Morgan fingerprint density at radius 1 is 1.57 bits per heavy atom. The summed E-state index contributed by atoms with van der Waals surface area (Å²) >= 11 is 0. The van der Waals surface area contributed by atoms with Gasteiger partial charge in [-0.15, -0.1) is 0 Å². The molecule has 0 fully saturated rings. The molecule has 0 bridgehead atoms. The summed E-state index contributed by atoms with van der Waals surface area (Å²) in [4.78, 5) is 11.2. The van der Waals surface area contributed by atoms with Crippen molar-refractivity contribution in [1.29, 1.82) is 0 Å². The van der Waals surface area contributed by atoms with E-state index in [2.05, 4.69) is 10.6 Å². The van der Waals surface area contributed by atoms with Crippen LogP contribution in [0, 0.1) is 0 Å². The molecule has 0 saturated heterocycles. The zero-order valence-electron chi connectivity index (χ0n) is 8.71. The molecule has 14 heavy (non-hydrogen) atoms. The monoisotopic (exact) mass is 195 g/mol. The molecule has 1 rings (SSSR count). The minimum absolute atomic E-state index is 0.0863. The lowest BCUT2D eigenvalue weighted by Crippen LogP contribution is -2.25. The van der Waals surface area contributed by atoms with Gasteiger partial charge in [-0.3, -0.25) is 4.79 Å². The van der Waals surface area contributed by atoms with E-state index in [1.165, 1.54) is 0 Å². The number of nitrogens with one attached hydrogen (secondary N) is 2. The zero-order valence-corrected chi connectivity index (χ0v) is 8.71. The number of rotatable bonds is 5. The van der Waals surface area contributed by atoms with Crippen molar-refractivity contribution in [3.05, 3.63) is 24.0 Å². The molecule has 4 nitrogen and oxygen atoms in total. The fourth-order valence-corrected chi connectivity index (χ4v) is 1.19. The highest BCUT2D eigenvalue weighted by molar-refractivity contribution is 5.76. The zero-order chi connectivity index (χ0) is 10.4. The molecule has 0 saturated carbocycles. The summed E-state index contributed by atoms with van der Waals surface area (Å²) in [6, 6.07) is 2.00. The summed E-state index contributed by atoms with van der Waals surface area (Å²) in [5, 5.41) is 5.79. The van der Waals surface area contributed by atoms with E-state index in [0.717, 1.165) is 12.1 Å². The lowest BCUT2D eigenvalue weighted by Gasteiger charge is -2.02. The molecule has 1 amide bonds. The van der Waals surface area contributed by atoms with Gasteiger partial charge in [0.2, 0.25) is 5.91 Å². The van der Waals surface area contributed by atoms with Crippen molar-refractivity contribution < 1.29 is 4.79 Å². The van der Waals surface area contributed by atoms with Crippen LogP contribution in [0.2, 0.25) is 0 Å². The van der Waals surface area contributed by atoms with Crippen LogP contribution in [0.5, 0.6) is 0 Å². The van der Waals surface area contributed by atoms with Gasteiger partial charge in [-0.05, 0) is 18.7 Å². The first-order valence-corrected chi connectivity index (χ1v) is 4.74. The molecule has 1 aromatic rings. The van der Waals surface area contributed by atoms with Gasteiger partial charge in [0, 0.05) is 39.0 Å². The summed E-state index contributed by atoms with van der Waals surface area (Å²) in [6.45, 7) is 1.34. The number of carbonyl (C=O) groups is 1. The summed E-state index contributed by atoms with van der Waals surface area (Å²) in [6.07, 6.45) is 4.50. The number of hydrogen-bond donors (Lipinski definition) is 2. The molecular weight excluding hydrogens is 178 g/mol. The third kappa shape index (κ3) is 3.62. The Morgan fingerprint density at radius 3 is 2.93 bits per heavy atom. The Labute approximate surface area is 84.3 Å². The Bertz CT molecular complexity index is 293. The van der Waals surface area contributed by atoms with Crippen LogP contribution >= 0.6 is 0 Å². The van der Waals surface area contributed by atoms with Crippen LogP contribution in [-0.2, 0) is 18.4 Å². The van der Waals surface area contributed by atoms with Crippen LogP contribution in [-0.4, -0.2) is 24.1 Å². The van der Waals surface area contributed by atoms with E-state index in [4.69, 9.17) is 0 Å².